The molecule has 0 aliphatic carbocycles. The molecule has 20 heavy (non-hydrogen) atoms. The molecular weight excluding hydrogens is 282 g/mol. The highest BCUT2D eigenvalue weighted by Crippen LogP contribution is 2.24. The number of carbonyl (C=O) groups is 2. The quantitative estimate of drug-likeness (QED) is 0.838. The molecule has 0 aliphatic heterocycles. The summed E-state index contributed by atoms with van der Waals surface area (Å²) < 4.78 is 5.03. The van der Waals surface area contributed by atoms with Gasteiger partial charge < -0.3 is 15.2 Å². The van der Waals surface area contributed by atoms with E-state index in [-0.39, 0.29) is 0 Å². The van der Waals surface area contributed by atoms with E-state index in [9.17, 15) is 14.7 Å². The van der Waals surface area contributed by atoms with Gasteiger partial charge in [0.15, 0.2) is 0 Å². The number of alkyl halides is 1. The van der Waals surface area contributed by atoms with Crippen molar-refractivity contribution in [3.8, 4) is 0 Å². The summed E-state index contributed by atoms with van der Waals surface area (Å²) in [7, 11) is 0. The van der Waals surface area contributed by atoms with Crippen molar-refractivity contribution in [3.63, 3.8) is 0 Å². The Morgan fingerprint density at radius 2 is 1.80 bits per heavy atom. The third kappa shape index (κ3) is 5.09. The van der Waals surface area contributed by atoms with E-state index in [0.717, 1.165) is 0 Å². The zero-order valence-electron chi connectivity index (χ0n) is 11.6. The monoisotopic (exact) mass is 299 g/mol. The van der Waals surface area contributed by atoms with Crippen LogP contribution in [-0.2, 0) is 9.53 Å². The fourth-order valence-corrected chi connectivity index (χ4v) is 1.84. The van der Waals surface area contributed by atoms with Gasteiger partial charge in [-0.1, -0.05) is 30.3 Å². The molecule has 110 valence electrons. The van der Waals surface area contributed by atoms with Gasteiger partial charge in [0.2, 0.25) is 0 Å². The van der Waals surface area contributed by atoms with Crippen LogP contribution in [0.1, 0.15) is 31.7 Å². The summed E-state index contributed by atoms with van der Waals surface area (Å²) in [4.78, 5) is 22.9. The molecule has 0 aromatic heterocycles. The van der Waals surface area contributed by atoms with Gasteiger partial charge in [-0.25, -0.2) is 9.59 Å². The molecule has 2 N–H and O–H groups in total. The summed E-state index contributed by atoms with van der Waals surface area (Å²) in [5.74, 6) is -1.22. The summed E-state index contributed by atoms with van der Waals surface area (Å²) in [5, 5.41) is 10.6. The molecule has 0 saturated heterocycles. The molecule has 6 heteroatoms. The molecule has 1 unspecified atom stereocenters. The van der Waals surface area contributed by atoms with Crippen molar-refractivity contribution in [2.45, 2.75) is 37.8 Å². The predicted octanol–water partition coefficient (Wildman–Crippen LogP) is 2.94. The minimum atomic E-state index is -1.27. The number of amides is 1. The minimum Gasteiger partial charge on any atom is -0.480 e. The number of rotatable bonds is 4. The van der Waals surface area contributed by atoms with Crippen molar-refractivity contribution in [1.29, 1.82) is 0 Å². The Morgan fingerprint density at radius 3 is 2.25 bits per heavy atom. The zero-order chi connectivity index (χ0) is 15.3. The normalized spacial score (nSPS) is 14.2. The lowest BCUT2D eigenvalue weighted by Crippen LogP contribution is -2.45. The molecule has 0 aliphatic rings. The van der Waals surface area contributed by atoms with Gasteiger partial charge in [0.25, 0.3) is 0 Å². The van der Waals surface area contributed by atoms with Crippen LogP contribution in [0.2, 0.25) is 0 Å². The van der Waals surface area contributed by atoms with Gasteiger partial charge in [0, 0.05) is 0 Å². The molecule has 1 aromatic carbocycles. The lowest BCUT2D eigenvalue weighted by molar-refractivity contribution is -0.139. The molecule has 1 rings (SSSR count). The number of ether oxygens (including phenoxy) is 1. The van der Waals surface area contributed by atoms with Gasteiger partial charge in [0.1, 0.15) is 11.6 Å². The second kappa shape index (κ2) is 6.61. The Balaban J connectivity index is 2.80. The van der Waals surface area contributed by atoms with E-state index < -0.39 is 29.1 Å². The second-order valence-electron chi connectivity index (χ2n) is 5.27. The van der Waals surface area contributed by atoms with E-state index in [1.807, 2.05) is 0 Å². The van der Waals surface area contributed by atoms with Crippen LogP contribution in [0.3, 0.4) is 0 Å². The number of nitrogens with one attached hydrogen (secondary N) is 1. The van der Waals surface area contributed by atoms with Crippen molar-refractivity contribution in [2.24, 2.45) is 0 Å². The largest absolute Gasteiger partial charge is 0.480 e. The van der Waals surface area contributed by atoms with Crippen LogP contribution >= 0.6 is 11.6 Å². The third-order valence-electron chi connectivity index (χ3n) is 2.35. The van der Waals surface area contributed by atoms with Crippen LogP contribution in [0.25, 0.3) is 0 Å². The molecule has 0 saturated carbocycles. The van der Waals surface area contributed by atoms with E-state index >= 15 is 0 Å². The smallest absolute Gasteiger partial charge is 0.408 e. The summed E-state index contributed by atoms with van der Waals surface area (Å²) >= 11 is 6.13. The molecule has 0 radical (unpaired) electrons. The number of aliphatic carboxylic acids is 1. The molecular formula is C14H18ClNO4. The number of carbonyl (C=O) groups excluding carboxylic acids is 1. The minimum absolute atomic E-state index is 0.609. The van der Waals surface area contributed by atoms with Crippen LogP contribution in [-0.4, -0.2) is 28.8 Å². The summed E-state index contributed by atoms with van der Waals surface area (Å²) in [5.41, 5.74) is -0.0977. The Bertz CT molecular complexity index is 470. The number of hydrogen-bond acceptors (Lipinski definition) is 3. The Labute approximate surface area is 122 Å². The highest BCUT2D eigenvalue weighted by molar-refractivity contribution is 6.22. The lowest BCUT2D eigenvalue weighted by Gasteiger charge is -2.24. The van der Waals surface area contributed by atoms with E-state index in [1.54, 1.807) is 51.1 Å². The van der Waals surface area contributed by atoms with E-state index in [0.29, 0.717) is 5.56 Å². The van der Waals surface area contributed by atoms with Crippen LogP contribution in [0.4, 0.5) is 4.79 Å². The van der Waals surface area contributed by atoms with Crippen LogP contribution in [0.5, 0.6) is 0 Å². The fourth-order valence-electron chi connectivity index (χ4n) is 1.52. The first-order chi connectivity index (χ1) is 9.20. The molecule has 0 spiro atoms. The van der Waals surface area contributed by atoms with Gasteiger partial charge in [-0.05, 0) is 26.3 Å². The first-order valence-electron chi connectivity index (χ1n) is 6.12. The Morgan fingerprint density at radius 1 is 1.25 bits per heavy atom. The Kier molecular flexibility index (Phi) is 5.39. The van der Waals surface area contributed by atoms with Crippen molar-refractivity contribution in [2.75, 3.05) is 0 Å². The molecule has 0 fully saturated rings. The van der Waals surface area contributed by atoms with Crippen LogP contribution < -0.4 is 5.32 Å². The lowest BCUT2D eigenvalue weighted by atomic mass is 10.1. The standard InChI is InChI=1S/C14H18ClNO4/c1-14(2,3)20-13(19)16-11(12(17)18)10(15)9-7-5-4-6-8-9/h4-8,10-11H,1-3H3,(H,16,19)(H,17,18)/t10?,11-/m1/s1. The van der Waals surface area contributed by atoms with Crippen molar-refractivity contribution < 1.29 is 19.4 Å². The topological polar surface area (TPSA) is 75.6 Å². The second-order valence-corrected chi connectivity index (χ2v) is 5.74. The maximum absolute atomic E-state index is 11.7. The number of carboxylic acids is 1. The van der Waals surface area contributed by atoms with Crippen LogP contribution in [0, 0.1) is 0 Å². The van der Waals surface area contributed by atoms with E-state index in [1.165, 1.54) is 0 Å². The van der Waals surface area contributed by atoms with Gasteiger partial charge >= 0.3 is 12.1 Å². The number of alkyl carbamates (subject to hydrolysis) is 1. The number of benzene rings is 1. The highest BCUT2D eigenvalue weighted by atomic mass is 35.5. The SMILES string of the molecule is CC(C)(C)OC(=O)N[C@@H](C(=O)O)C(Cl)c1ccccc1. The van der Waals surface area contributed by atoms with E-state index in [2.05, 4.69) is 5.32 Å². The third-order valence-corrected chi connectivity index (χ3v) is 2.85. The molecule has 1 amide bonds. The molecule has 0 heterocycles. The summed E-state index contributed by atoms with van der Waals surface area (Å²) in [6.45, 7) is 5.08. The van der Waals surface area contributed by atoms with Crippen molar-refractivity contribution >= 4 is 23.7 Å². The summed E-state index contributed by atoms with van der Waals surface area (Å²) in [6.07, 6.45) is -0.813. The summed E-state index contributed by atoms with van der Waals surface area (Å²) in [6, 6.07) is 7.42. The zero-order valence-corrected chi connectivity index (χ0v) is 12.3. The highest BCUT2D eigenvalue weighted by Gasteiger charge is 2.31. The fraction of sp³-hybridized carbons (Fsp3) is 0.429. The average molecular weight is 300 g/mol. The molecule has 2 atom stereocenters. The van der Waals surface area contributed by atoms with Gasteiger partial charge in [-0.15, -0.1) is 11.6 Å². The maximum Gasteiger partial charge on any atom is 0.408 e. The first-order valence-corrected chi connectivity index (χ1v) is 6.55. The first kappa shape index (κ1) is 16.3. The maximum atomic E-state index is 11.7. The average Bonchev–Trinajstić information content (AvgIpc) is 2.34. The molecule has 0 bridgehead atoms. The number of halogens is 1. The molecule has 5 nitrogen and oxygen atoms in total. The number of carboxylic acid groups (broad SMARTS) is 1. The van der Waals surface area contributed by atoms with Gasteiger partial charge in [-0.3, -0.25) is 0 Å². The van der Waals surface area contributed by atoms with E-state index in [4.69, 9.17) is 16.3 Å². The predicted molar refractivity (Wildman–Crippen MR) is 75.8 cm³/mol. The van der Waals surface area contributed by atoms with Gasteiger partial charge in [-0.2, -0.15) is 0 Å². The molecule has 1 aromatic rings. The number of hydrogen-bond donors (Lipinski definition) is 2. The van der Waals surface area contributed by atoms with Crippen molar-refractivity contribution in [1.82, 2.24) is 5.32 Å². The van der Waals surface area contributed by atoms with Gasteiger partial charge in [0.05, 0.1) is 5.38 Å². The Hall–Kier alpha value is -1.75. The van der Waals surface area contributed by atoms with Crippen molar-refractivity contribution in [3.05, 3.63) is 35.9 Å². The van der Waals surface area contributed by atoms with Crippen LogP contribution in [0.15, 0.2) is 30.3 Å².